The lowest BCUT2D eigenvalue weighted by Crippen LogP contribution is -2.33. The third-order valence-corrected chi connectivity index (χ3v) is 4.40. The standard InChI is InChI=1S/C19H25N3O2/c1-14-4-3-9-22(12-14)13-16-5-7-17(8-6-16)20-19(23)11-18-10-15(2)24-21-18/h5-8,10,14H,3-4,9,11-13H2,1-2H3,(H,20,23)/t14-/m0/s1. The second-order valence-corrected chi connectivity index (χ2v) is 6.83. The maximum atomic E-state index is 12.0. The van der Waals surface area contributed by atoms with E-state index in [0.29, 0.717) is 11.5 Å². The molecule has 2 heterocycles. The largest absolute Gasteiger partial charge is 0.361 e. The van der Waals surface area contributed by atoms with Crippen molar-refractivity contribution in [1.82, 2.24) is 10.1 Å². The van der Waals surface area contributed by atoms with Crippen molar-refractivity contribution in [3.63, 3.8) is 0 Å². The summed E-state index contributed by atoms with van der Waals surface area (Å²) in [6.45, 7) is 7.48. The van der Waals surface area contributed by atoms with Gasteiger partial charge in [0.25, 0.3) is 0 Å². The van der Waals surface area contributed by atoms with Gasteiger partial charge >= 0.3 is 0 Å². The lowest BCUT2D eigenvalue weighted by Gasteiger charge is -2.30. The number of anilines is 1. The molecule has 128 valence electrons. The van der Waals surface area contributed by atoms with Crippen molar-refractivity contribution < 1.29 is 9.32 Å². The van der Waals surface area contributed by atoms with E-state index in [9.17, 15) is 4.79 Å². The Morgan fingerprint density at radius 1 is 1.38 bits per heavy atom. The highest BCUT2D eigenvalue weighted by Gasteiger charge is 2.16. The fraction of sp³-hybridized carbons (Fsp3) is 0.474. The van der Waals surface area contributed by atoms with Crippen molar-refractivity contribution in [2.75, 3.05) is 18.4 Å². The molecule has 1 aromatic heterocycles. The molecule has 2 aromatic rings. The number of nitrogens with zero attached hydrogens (tertiary/aromatic N) is 2. The Bertz CT molecular complexity index is 678. The molecule has 1 aromatic carbocycles. The highest BCUT2D eigenvalue weighted by atomic mass is 16.5. The number of hydrogen-bond acceptors (Lipinski definition) is 4. The minimum atomic E-state index is -0.0825. The Kier molecular flexibility index (Phi) is 5.30. The van der Waals surface area contributed by atoms with Crippen LogP contribution in [0.4, 0.5) is 5.69 Å². The lowest BCUT2D eigenvalue weighted by atomic mass is 10.00. The van der Waals surface area contributed by atoms with E-state index >= 15 is 0 Å². The van der Waals surface area contributed by atoms with Crippen LogP contribution in [0.5, 0.6) is 0 Å². The van der Waals surface area contributed by atoms with Gasteiger partial charge in [-0.2, -0.15) is 0 Å². The summed E-state index contributed by atoms with van der Waals surface area (Å²) in [6.07, 6.45) is 2.86. The van der Waals surface area contributed by atoms with Gasteiger partial charge in [0.15, 0.2) is 0 Å². The minimum absolute atomic E-state index is 0.0825. The number of benzene rings is 1. The maximum absolute atomic E-state index is 12.0. The fourth-order valence-electron chi connectivity index (χ4n) is 3.25. The number of aryl methyl sites for hydroxylation is 1. The summed E-state index contributed by atoms with van der Waals surface area (Å²) in [4.78, 5) is 14.5. The van der Waals surface area contributed by atoms with Crippen LogP contribution in [-0.4, -0.2) is 29.1 Å². The fourth-order valence-corrected chi connectivity index (χ4v) is 3.25. The second-order valence-electron chi connectivity index (χ2n) is 6.83. The summed E-state index contributed by atoms with van der Waals surface area (Å²) in [5.41, 5.74) is 2.76. The molecule has 1 amide bonds. The number of carbonyl (C=O) groups excluding carboxylic acids is 1. The molecule has 0 aliphatic carbocycles. The van der Waals surface area contributed by atoms with Gasteiger partial charge < -0.3 is 9.84 Å². The van der Waals surface area contributed by atoms with Crippen LogP contribution >= 0.6 is 0 Å². The van der Waals surface area contributed by atoms with Gasteiger partial charge in [0.2, 0.25) is 5.91 Å². The van der Waals surface area contributed by atoms with E-state index in [1.165, 1.54) is 31.5 Å². The molecule has 1 aliphatic rings. The van der Waals surface area contributed by atoms with Gasteiger partial charge in [0.05, 0.1) is 12.1 Å². The van der Waals surface area contributed by atoms with Gasteiger partial charge in [0.1, 0.15) is 5.76 Å². The predicted octanol–water partition coefficient (Wildman–Crippen LogP) is 3.40. The first-order chi connectivity index (χ1) is 11.6. The van der Waals surface area contributed by atoms with Crippen LogP contribution in [0.1, 0.15) is 36.8 Å². The van der Waals surface area contributed by atoms with Gasteiger partial charge in [0, 0.05) is 24.8 Å². The predicted molar refractivity (Wildman–Crippen MR) is 93.7 cm³/mol. The zero-order valence-corrected chi connectivity index (χ0v) is 14.4. The average Bonchev–Trinajstić information content (AvgIpc) is 2.94. The first-order valence-electron chi connectivity index (χ1n) is 8.62. The second kappa shape index (κ2) is 7.62. The van der Waals surface area contributed by atoms with E-state index in [-0.39, 0.29) is 12.3 Å². The summed E-state index contributed by atoms with van der Waals surface area (Å²) in [5, 5.41) is 6.74. The molecule has 1 atom stereocenters. The van der Waals surface area contributed by atoms with E-state index in [0.717, 1.165) is 18.2 Å². The first-order valence-corrected chi connectivity index (χ1v) is 8.62. The average molecular weight is 327 g/mol. The SMILES string of the molecule is Cc1cc(CC(=O)Nc2ccc(CN3CCC[C@H](C)C3)cc2)no1. The third-order valence-electron chi connectivity index (χ3n) is 4.40. The molecule has 24 heavy (non-hydrogen) atoms. The van der Waals surface area contributed by atoms with Crippen molar-refractivity contribution in [2.24, 2.45) is 5.92 Å². The quantitative estimate of drug-likeness (QED) is 0.914. The molecule has 0 saturated carbocycles. The normalized spacial score (nSPS) is 18.5. The highest BCUT2D eigenvalue weighted by molar-refractivity contribution is 5.91. The Morgan fingerprint density at radius 3 is 2.83 bits per heavy atom. The summed E-state index contributed by atoms with van der Waals surface area (Å²) in [6, 6.07) is 9.90. The van der Waals surface area contributed by atoms with Crippen molar-refractivity contribution in [3.8, 4) is 0 Å². The molecular formula is C19H25N3O2. The van der Waals surface area contributed by atoms with Crippen molar-refractivity contribution in [2.45, 2.75) is 39.7 Å². The minimum Gasteiger partial charge on any atom is -0.361 e. The molecular weight excluding hydrogens is 302 g/mol. The van der Waals surface area contributed by atoms with Crippen molar-refractivity contribution in [1.29, 1.82) is 0 Å². The molecule has 1 N–H and O–H groups in total. The highest BCUT2D eigenvalue weighted by Crippen LogP contribution is 2.19. The summed E-state index contributed by atoms with van der Waals surface area (Å²) in [5.74, 6) is 1.42. The van der Waals surface area contributed by atoms with Crippen molar-refractivity contribution in [3.05, 3.63) is 47.3 Å². The first kappa shape index (κ1) is 16.7. The number of piperidine rings is 1. The zero-order chi connectivity index (χ0) is 16.9. The molecule has 0 spiro atoms. The van der Waals surface area contributed by atoms with Crippen molar-refractivity contribution >= 4 is 11.6 Å². The Balaban J connectivity index is 1.51. The van der Waals surface area contributed by atoms with E-state index in [2.05, 4.69) is 34.4 Å². The van der Waals surface area contributed by atoms with E-state index < -0.39 is 0 Å². The van der Waals surface area contributed by atoms with Gasteiger partial charge in [-0.25, -0.2) is 0 Å². The van der Waals surface area contributed by atoms with Crippen LogP contribution in [-0.2, 0) is 17.8 Å². The van der Waals surface area contributed by atoms with Crippen LogP contribution in [0, 0.1) is 12.8 Å². The smallest absolute Gasteiger partial charge is 0.230 e. The number of hydrogen-bond donors (Lipinski definition) is 1. The molecule has 1 fully saturated rings. The van der Waals surface area contributed by atoms with Gasteiger partial charge in [-0.15, -0.1) is 0 Å². The summed E-state index contributed by atoms with van der Waals surface area (Å²) in [7, 11) is 0. The van der Waals surface area contributed by atoms with E-state index in [1.54, 1.807) is 6.07 Å². The molecule has 0 bridgehead atoms. The Labute approximate surface area is 143 Å². The summed E-state index contributed by atoms with van der Waals surface area (Å²) >= 11 is 0. The molecule has 0 radical (unpaired) electrons. The van der Waals surface area contributed by atoms with E-state index in [1.807, 2.05) is 19.1 Å². The number of nitrogens with one attached hydrogen (secondary N) is 1. The van der Waals surface area contributed by atoms with E-state index in [4.69, 9.17) is 4.52 Å². The van der Waals surface area contributed by atoms with Crippen LogP contribution < -0.4 is 5.32 Å². The van der Waals surface area contributed by atoms with Crippen LogP contribution in [0.15, 0.2) is 34.9 Å². The number of likely N-dealkylation sites (tertiary alicyclic amines) is 1. The van der Waals surface area contributed by atoms with Gasteiger partial charge in [-0.05, 0) is 49.9 Å². The number of rotatable bonds is 5. The monoisotopic (exact) mass is 327 g/mol. The molecule has 3 rings (SSSR count). The molecule has 5 heteroatoms. The van der Waals surface area contributed by atoms with Crippen LogP contribution in [0.2, 0.25) is 0 Å². The van der Waals surface area contributed by atoms with Crippen LogP contribution in [0.25, 0.3) is 0 Å². The number of amides is 1. The zero-order valence-electron chi connectivity index (χ0n) is 14.4. The Morgan fingerprint density at radius 2 is 2.17 bits per heavy atom. The number of aromatic nitrogens is 1. The molecule has 1 aliphatic heterocycles. The lowest BCUT2D eigenvalue weighted by molar-refractivity contribution is -0.115. The number of carbonyl (C=O) groups is 1. The third kappa shape index (κ3) is 4.68. The van der Waals surface area contributed by atoms with Gasteiger partial charge in [-0.3, -0.25) is 9.69 Å². The maximum Gasteiger partial charge on any atom is 0.230 e. The molecule has 5 nitrogen and oxygen atoms in total. The summed E-state index contributed by atoms with van der Waals surface area (Å²) < 4.78 is 4.98. The molecule has 0 unspecified atom stereocenters. The Hall–Kier alpha value is -2.14. The topological polar surface area (TPSA) is 58.4 Å². The molecule has 1 saturated heterocycles. The van der Waals surface area contributed by atoms with Crippen LogP contribution in [0.3, 0.4) is 0 Å². The van der Waals surface area contributed by atoms with Gasteiger partial charge in [-0.1, -0.05) is 24.2 Å².